The Morgan fingerprint density at radius 3 is 1.18 bits per heavy atom. The van der Waals surface area contributed by atoms with E-state index in [0.717, 1.165) is 88.7 Å². The number of fused-ring (bicyclic) bond motifs is 6. The molecule has 10 aromatic carbocycles. The lowest BCUT2D eigenvalue weighted by atomic mass is 9.98. The first-order chi connectivity index (χ1) is 36.7. The second-order valence-corrected chi connectivity index (χ2v) is 18.3. The molecule has 14 aromatic rings. The van der Waals surface area contributed by atoms with E-state index in [0.29, 0.717) is 34.9 Å². The van der Waals surface area contributed by atoms with Gasteiger partial charge in [0.25, 0.3) is 0 Å². The molecule has 0 saturated heterocycles. The van der Waals surface area contributed by atoms with E-state index in [9.17, 15) is 0 Å². The van der Waals surface area contributed by atoms with Crippen LogP contribution in [0.1, 0.15) is 0 Å². The molecule has 346 valence electrons. The van der Waals surface area contributed by atoms with Crippen molar-refractivity contribution in [3.05, 3.63) is 255 Å². The highest BCUT2D eigenvalue weighted by atomic mass is 15.1. The fourth-order valence-corrected chi connectivity index (χ4v) is 10.4. The van der Waals surface area contributed by atoms with Crippen LogP contribution in [0.3, 0.4) is 0 Å². The summed E-state index contributed by atoms with van der Waals surface area (Å²) in [5, 5.41) is 4.55. The van der Waals surface area contributed by atoms with Gasteiger partial charge in [-0.2, -0.15) is 0 Å². The maximum atomic E-state index is 5.40. The number of aromatic nitrogens is 8. The van der Waals surface area contributed by atoms with Crippen molar-refractivity contribution >= 4 is 43.6 Å². The minimum Gasteiger partial charge on any atom is -0.309 e. The number of nitrogens with zero attached hydrogens (tertiary/aromatic N) is 8. The quantitative estimate of drug-likeness (QED) is 0.143. The molecule has 0 atom stereocenters. The second kappa shape index (κ2) is 17.9. The summed E-state index contributed by atoms with van der Waals surface area (Å²) in [7, 11) is 0. The Kier molecular flexibility index (Phi) is 10.3. The van der Waals surface area contributed by atoms with Crippen molar-refractivity contribution < 1.29 is 0 Å². The lowest BCUT2D eigenvalue weighted by molar-refractivity contribution is 1.06. The predicted octanol–water partition coefficient (Wildman–Crippen LogP) is 15.9. The van der Waals surface area contributed by atoms with Gasteiger partial charge in [-0.25, -0.2) is 29.9 Å². The molecule has 0 saturated carbocycles. The summed E-state index contributed by atoms with van der Waals surface area (Å²) < 4.78 is 4.74. The van der Waals surface area contributed by atoms with Gasteiger partial charge in [0.2, 0.25) is 0 Å². The minimum atomic E-state index is 0.546. The van der Waals surface area contributed by atoms with Crippen molar-refractivity contribution in [1.82, 2.24) is 39.0 Å². The van der Waals surface area contributed by atoms with Crippen LogP contribution in [0.4, 0.5) is 0 Å². The third-order valence-corrected chi connectivity index (χ3v) is 13.8. The average Bonchev–Trinajstić information content (AvgIpc) is 4.02. The Balaban J connectivity index is 1.05. The van der Waals surface area contributed by atoms with Crippen LogP contribution in [-0.4, -0.2) is 39.0 Å². The lowest BCUT2D eigenvalue weighted by Gasteiger charge is -2.17. The molecule has 0 spiro atoms. The molecular formula is C66H42N8. The van der Waals surface area contributed by atoms with Crippen LogP contribution in [0.2, 0.25) is 0 Å². The number of hydrogen-bond acceptors (Lipinski definition) is 6. The predicted molar refractivity (Wildman–Crippen MR) is 300 cm³/mol. The zero-order chi connectivity index (χ0) is 49.0. The summed E-state index contributed by atoms with van der Waals surface area (Å²) >= 11 is 0. The van der Waals surface area contributed by atoms with Crippen LogP contribution in [0.25, 0.3) is 134 Å². The fraction of sp³-hybridized carbons (Fsp3) is 0. The minimum absolute atomic E-state index is 0.546. The molecule has 0 aliphatic rings. The third-order valence-electron chi connectivity index (χ3n) is 13.8. The summed E-state index contributed by atoms with van der Waals surface area (Å²) in [6.07, 6.45) is 0. The SMILES string of the molecule is c1ccc(-c2nc(-c3ccccc3)nc(-c3ccc4c5ccccc5n(-c5ccc(-c6cccc7c8ccccc8n(-c8ccccc8)c67)cc5-c5nc(-c6ccccc6)nc(-c6ccccc6)n5)c4c3)n2)cc1. The molecule has 0 bridgehead atoms. The molecule has 0 unspecified atom stereocenters. The Morgan fingerprint density at radius 2 is 0.635 bits per heavy atom. The average molecular weight is 947 g/mol. The zero-order valence-corrected chi connectivity index (χ0v) is 39.8. The van der Waals surface area contributed by atoms with Gasteiger partial charge in [-0.1, -0.05) is 212 Å². The molecule has 0 radical (unpaired) electrons. The molecule has 0 N–H and O–H groups in total. The summed E-state index contributed by atoms with van der Waals surface area (Å²) in [6, 6.07) is 88.3. The summed E-state index contributed by atoms with van der Waals surface area (Å²) in [5.74, 6) is 3.50. The van der Waals surface area contributed by atoms with Gasteiger partial charge in [-0.3, -0.25) is 0 Å². The Labute approximate surface area is 426 Å². The molecule has 4 heterocycles. The van der Waals surface area contributed by atoms with Crippen LogP contribution in [0.15, 0.2) is 255 Å². The van der Waals surface area contributed by atoms with Crippen molar-refractivity contribution in [3.8, 4) is 90.8 Å². The van der Waals surface area contributed by atoms with Crippen LogP contribution in [-0.2, 0) is 0 Å². The molecule has 8 heteroatoms. The first-order valence-electron chi connectivity index (χ1n) is 24.7. The van der Waals surface area contributed by atoms with Gasteiger partial charge in [0.05, 0.1) is 27.8 Å². The Morgan fingerprint density at radius 1 is 0.230 bits per heavy atom. The fourth-order valence-electron chi connectivity index (χ4n) is 10.4. The van der Waals surface area contributed by atoms with Gasteiger partial charge in [-0.05, 0) is 48.0 Å². The van der Waals surface area contributed by atoms with Crippen molar-refractivity contribution in [2.24, 2.45) is 0 Å². The molecule has 0 aliphatic heterocycles. The zero-order valence-electron chi connectivity index (χ0n) is 39.8. The Bertz CT molecular complexity index is 4290. The largest absolute Gasteiger partial charge is 0.309 e. The van der Waals surface area contributed by atoms with Crippen LogP contribution < -0.4 is 0 Å². The van der Waals surface area contributed by atoms with Crippen molar-refractivity contribution in [2.45, 2.75) is 0 Å². The lowest BCUT2D eigenvalue weighted by Crippen LogP contribution is -2.04. The van der Waals surface area contributed by atoms with E-state index in [2.05, 4.69) is 167 Å². The summed E-state index contributed by atoms with van der Waals surface area (Å²) in [6.45, 7) is 0. The number of benzene rings is 10. The Hall–Kier alpha value is -10.2. The molecule has 74 heavy (non-hydrogen) atoms. The maximum absolute atomic E-state index is 5.40. The summed E-state index contributed by atoms with van der Waals surface area (Å²) in [5.41, 5.74) is 13.7. The molecule has 0 fully saturated rings. The van der Waals surface area contributed by atoms with Crippen LogP contribution in [0, 0.1) is 0 Å². The molecule has 0 aliphatic carbocycles. The van der Waals surface area contributed by atoms with Crippen LogP contribution >= 0.6 is 0 Å². The van der Waals surface area contributed by atoms with Crippen LogP contribution in [0.5, 0.6) is 0 Å². The highest BCUT2D eigenvalue weighted by Crippen LogP contribution is 2.43. The standard InChI is InChI=1S/C66H42N8/c1-6-21-43(22-7-1)61-67-62(44-23-8-2-9-24-44)70-65(69-61)48-37-39-53-51-31-16-19-36-57(51)74(59(53)42-48)58-40-38-47(50-33-20-34-54-52-32-17-18-35-56(52)73(60(50)54)49-29-14-5-15-30-49)41-55(58)66-71-63(45-25-10-3-11-26-45)68-64(72-66)46-27-12-4-13-28-46/h1-42H. The van der Waals surface area contributed by atoms with Gasteiger partial charge < -0.3 is 9.13 Å². The smallest absolute Gasteiger partial charge is 0.166 e. The molecule has 8 nitrogen and oxygen atoms in total. The molecule has 0 amide bonds. The van der Waals surface area contributed by atoms with Crippen molar-refractivity contribution in [1.29, 1.82) is 0 Å². The van der Waals surface area contributed by atoms with Gasteiger partial charge in [0, 0.05) is 66.2 Å². The normalized spacial score (nSPS) is 11.5. The van der Waals surface area contributed by atoms with Gasteiger partial charge in [-0.15, -0.1) is 0 Å². The first-order valence-corrected chi connectivity index (χ1v) is 24.7. The number of rotatable bonds is 9. The van der Waals surface area contributed by atoms with Gasteiger partial charge in [0.1, 0.15) is 0 Å². The van der Waals surface area contributed by atoms with E-state index in [1.165, 1.54) is 10.8 Å². The van der Waals surface area contributed by atoms with Gasteiger partial charge >= 0.3 is 0 Å². The molecular weight excluding hydrogens is 905 g/mol. The molecule has 4 aromatic heterocycles. The second-order valence-electron chi connectivity index (χ2n) is 18.3. The van der Waals surface area contributed by atoms with E-state index < -0.39 is 0 Å². The topological polar surface area (TPSA) is 87.2 Å². The van der Waals surface area contributed by atoms with Crippen molar-refractivity contribution in [2.75, 3.05) is 0 Å². The summed E-state index contributed by atoms with van der Waals surface area (Å²) in [4.78, 5) is 31.3. The van der Waals surface area contributed by atoms with Crippen molar-refractivity contribution in [3.63, 3.8) is 0 Å². The highest BCUT2D eigenvalue weighted by molar-refractivity contribution is 6.14. The number of hydrogen-bond donors (Lipinski definition) is 0. The van der Waals surface area contributed by atoms with Gasteiger partial charge in [0.15, 0.2) is 34.9 Å². The first kappa shape index (κ1) is 42.7. The maximum Gasteiger partial charge on any atom is 0.166 e. The van der Waals surface area contributed by atoms with E-state index in [1.807, 2.05) is 97.1 Å². The van der Waals surface area contributed by atoms with E-state index in [4.69, 9.17) is 29.9 Å². The van der Waals surface area contributed by atoms with E-state index in [1.54, 1.807) is 0 Å². The monoisotopic (exact) mass is 946 g/mol. The highest BCUT2D eigenvalue weighted by Gasteiger charge is 2.24. The molecule has 14 rings (SSSR count). The van der Waals surface area contributed by atoms with E-state index in [-0.39, 0.29) is 0 Å². The number of para-hydroxylation sites is 4. The van der Waals surface area contributed by atoms with E-state index >= 15 is 0 Å². The third kappa shape index (κ3) is 7.40.